The molecule has 2 aromatic heterocycles. The van der Waals surface area contributed by atoms with Gasteiger partial charge in [0.05, 0.1) is 19.2 Å². The predicted octanol–water partition coefficient (Wildman–Crippen LogP) is 2.18. The Morgan fingerprint density at radius 3 is 2.87 bits per heavy atom. The molecule has 4 rings (SSSR count). The molecule has 3 heterocycles. The fraction of sp³-hybridized carbons (Fsp3) is 0.429. The summed E-state index contributed by atoms with van der Waals surface area (Å²) in [6, 6.07) is 4.19. The maximum atomic E-state index is 13.5. The summed E-state index contributed by atoms with van der Waals surface area (Å²) in [6.07, 6.45) is 7.42. The number of likely N-dealkylation sites (tertiary alicyclic amines) is 1. The number of rotatable bonds is 5. The Labute approximate surface area is 172 Å². The van der Waals surface area contributed by atoms with Crippen LogP contribution in [-0.4, -0.2) is 51.3 Å². The van der Waals surface area contributed by atoms with Crippen LogP contribution in [0.15, 0.2) is 36.9 Å². The van der Waals surface area contributed by atoms with E-state index in [4.69, 9.17) is 5.26 Å². The summed E-state index contributed by atoms with van der Waals surface area (Å²) in [4.78, 5) is 30.0. The summed E-state index contributed by atoms with van der Waals surface area (Å²) < 4.78 is 29.1. The standard InChI is InChI=1S/C21H21F2N5O2/c1-27-5-3-13(11-27)16-6-17(16)18-9-25-4-2-15(18)20(30)26-10-19(29)28-12-21(22,23)7-14(28)8-24/h2-5,9,11,14,16-17H,6-7,10,12H2,1H3,(H,26,30). The first-order valence-electron chi connectivity index (χ1n) is 9.70. The van der Waals surface area contributed by atoms with Crippen molar-refractivity contribution in [2.24, 2.45) is 7.05 Å². The number of hydrogen-bond donors (Lipinski definition) is 1. The van der Waals surface area contributed by atoms with Crippen LogP contribution in [0.2, 0.25) is 0 Å². The first-order chi connectivity index (χ1) is 14.3. The quantitative estimate of drug-likeness (QED) is 0.814. The first kappa shape index (κ1) is 20.0. The molecule has 30 heavy (non-hydrogen) atoms. The number of halogens is 2. The Bertz CT molecular complexity index is 1030. The van der Waals surface area contributed by atoms with Gasteiger partial charge in [-0.25, -0.2) is 8.78 Å². The molecule has 1 aliphatic heterocycles. The summed E-state index contributed by atoms with van der Waals surface area (Å²) in [5.74, 6) is -3.77. The molecule has 2 aromatic rings. The summed E-state index contributed by atoms with van der Waals surface area (Å²) in [6.45, 7) is -1.25. The van der Waals surface area contributed by atoms with Crippen molar-refractivity contribution in [3.8, 4) is 6.07 Å². The molecule has 1 saturated carbocycles. The molecule has 2 amide bonds. The number of aromatic nitrogens is 2. The van der Waals surface area contributed by atoms with Gasteiger partial charge in [0.1, 0.15) is 6.04 Å². The van der Waals surface area contributed by atoms with E-state index in [-0.39, 0.29) is 5.92 Å². The molecule has 9 heteroatoms. The lowest BCUT2D eigenvalue weighted by Gasteiger charge is -2.19. The van der Waals surface area contributed by atoms with Crippen LogP contribution >= 0.6 is 0 Å². The number of alkyl halides is 2. The number of nitrogens with zero attached hydrogens (tertiary/aromatic N) is 4. The van der Waals surface area contributed by atoms with Gasteiger partial charge in [0.2, 0.25) is 5.91 Å². The van der Waals surface area contributed by atoms with Gasteiger partial charge in [-0.3, -0.25) is 14.6 Å². The molecule has 0 bridgehead atoms. The highest BCUT2D eigenvalue weighted by atomic mass is 19.3. The molecule has 1 saturated heterocycles. The van der Waals surface area contributed by atoms with Crippen LogP contribution in [0.4, 0.5) is 8.78 Å². The molecule has 0 aromatic carbocycles. The van der Waals surface area contributed by atoms with Crippen LogP contribution in [-0.2, 0) is 11.8 Å². The maximum absolute atomic E-state index is 13.5. The molecule has 0 spiro atoms. The lowest BCUT2D eigenvalue weighted by atomic mass is 10.0. The van der Waals surface area contributed by atoms with Crippen LogP contribution in [0, 0.1) is 11.3 Å². The third-order valence-corrected chi connectivity index (χ3v) is 5.71. The van der Waals surface area contributed by atoms with E-state index in [1.165, 1.54) is 11.8 Å². The highest BCUT2D eigenvalue weighted by Crippen LogP contribution is 2.55. The van der Waals surface area contributed by atoms with Gasteiger partial charge < -0.3 is 14.8 Å². The molecule has 1 N–H and O–H groups in total. The maximum Gasteiger partial charge on any atom is 0.268 e. The SMILES string of the molecule is Cn1ccc(C2CC2c2cnccc2C(=O)NCC(=O)N2CC(F)(F)CC2C#N)c1. The van der Waals surface area contributed by atoms with Crippen molar-refractivity contribution in [2.45, 2.75) is 36.6 Å². The van der Waals surface area contributed by atoms with Crippen molar-refractivity contribution in [2.75, 3.05) is 13.1 Å². The second-order valence-electron chi connectivity index (χ2n) is 7.93. The molecule has 2 fully saturated rings. The van der Waals surface area contributed by atoms with Crippen molar-refractivity contribution in [1.29, 1.82) is 5.26 Å². The minimum absolute atomic E-state index is 0.165. The monoisotopic (exact) mass is 413 g/mol. The van der Waals surface area contributed by atoms with E-state index >= 15 is 0 Å². The zero-order valence-electron chi connectivity index (χ0n) is 16.4. The van der Waals surface area contributed by atoms with Crippen LogP contribution in [0.25, 0.3) is 0 Å². The fourth-order valence-electron chi connectivity index (χ4n) is 4.11. The molecule has 3 atom stereocenters. The minimum atomic E-state index is -3.09. The third kappa shape index (κ3) is 3.90. The van der Waals surface area contributed by atoms with E-state index in [9.17, 15) is 18.4 Å². The second kappa shape index (κ2) is 7.52. The van der Waals surface area contributed by atoms with E-state index in [0.717, 1.165) is 16.9 Å². The Hall–Kier alpha value is -3.28. The van der Waals surface area contributed by atoms with Crippen molar-refractivity contribution >= 4 is 11.8 Å². The Morgan fingerprint density at radius 1 is 1.37 bits per heavy atom. The zero-order valence-corrected chi connectivity index (χ0v) is 16.4. The van der Waals surface area contributed by atoms with E-state index in [1.54, 1.807) is 18.3 Å². The third-order valence-electron chi connectivity index (χ3n) is 5.71. The summed E-state index contributed by atoms with van der Waals surface area (Å²) in [5.41, 5.74) is 2.43. The van der Waals surface area contributed by atoms with E-state index < -0.39 is 43.3 Å². The predicted molar refractivity (Wildman–Crippen MR) is 103 cm³/mol. The van der Waals surface area contributed by atoms with Gasteiger partial charge >= 0.3 is 0 Å². The Balaban J connectivity index is 1.41. The number of carbonyl (C=O) groups excluding carboxylic acids is 2. The first-order valence-corrected chi connectivity index (χ1v) is 9.70. The van der Waals surface area contributed by atoms with Gasteiger partial charge in [0.25, 0.3) is 11.8 Å². The van der Waals surface area contributed by atoms with Crippen molar-refractivity contribution in [3.63, 3.8) is 0 Å². The van der Waals surface area contributed by atoms with E-state index in [2.05, 4.69) is 22.6 Å². The number of nitrogens with one attached hydrogen (secondary N) is 1. The van der Waals surface area contributed by atoms with Crippen LogP contribution in [0.5, 0.6) is 0 Å². The van der Waals surface area contributed by atoms with E-state index in [1.807, 2.05) is 17.8 Å². The normalized spacial score (nSPS) is 24.3. The van der Waals surface area contributed by atoms with Gasteiger partial charge in [-0.05, 0) is 41.5 Å². The van der Waals surface area contributed by atoms with Crippen molar-refractivity contribution < 1.29 is 18.4 Å². The minimum Gasteiger partial charge on any atom is -0.357 e. The molecule has 2 aliphatic rings. The van der Waals surface area contributed by atoms with Crippen LogP contribution in [0.1, 0.15) is 46.2 Å². The van der Waals surface area contributed by atoms with Gasteiger partial charge in [-0.15, -0.1) is 0 Å². The van der Waals surface area contributed by atoms with Crippen molar-refractivity contribution in [3.05, 3.63) is 53.6 Å². The second-order valence-corrected chi connectivity index (χ2v) is 7.93. The van der Waals surface area contributed by atoms with Gasteiger partial charge in [0.15, 0.2) is 0 Å². The van der Waals surface area contributed by atoms with Crippen LogP contribution in [0.3, 0.4) is 0 Å². The molecule has 0 radical (unpaired) electrons. The topological polar surface area (TPSA) is 91.0 Å². The number of pyridine rings is 1. The Morgan fingerprint density at radius 2 is 2.17 bits per heavy atom. The van der Waals surface area contributed by atoms with Gasteiger partial charge in [-0.2, -0.15) is 5.26 Å². The average molecular weight is 413 g/mol. The molecule has 1 aliphatic carbocycles. The summed E-state index contributed by atoms with van der Waals surface area (Å²) in [7, 11) is 1.95. The average Bonchev–Trinajstić information content (AvgIpc) is 3.29. The summed E-state index contributed by atoms with van der Waals surface area (Å²) >= 11 is 0. The van der Waals surface area contributed by atoms with Crippen LogP contribution < -0.4 is 5.32 Å². The van der Waals surface area contributed by atoms with E-state index in [0.29, 0.717) is 11.5 Å². The largest absolute Gasteiger partial charge is 0.357 e. The van der Waals surface area contributed by atoms with Gasteiger partial charge in [0, 0.05) is 43.8 Å². The Kier molecular flexibility index (Phi) is 5.02. The number of amides is 2. The molecule has 156 valence electrons. The molecule has 3 unspecified atom stereocenters. The highest BCUT2D eigenvalue weighted by molar-refractivity contribution is 5.98. The van der Waals surface area contributed by atoms with Crippen molar-refractivity contribution in [1.82, 2.24) is 19.8 Å². The molecular weight excluding hydrogens is 392 g/mol. The lowest BCUT2D eigenvalue weighted by molar-refractivity contribution is -0.131. The smallest absolute Gasteiger partial charge is 0.268 e. The molecular formula is C21H21F2N5O2. The van der Waals surface area contributed by atoms with Gasteiger partial charge in [-0.1, -0.05) is 0 Å². The zero-order chi connectivity index (χ0) is 21.5. The number of carbonyl (C=O) groups is 2. The summed E-state index contributed by atoms with van der Waals surface area (Å²) in [5, 5.41) is 11.5. The number of nitriles is 1. The number of aryl methyl sites for hydroxylation is 1. The lowest BCUT2D eigenvalue weighted by Crippen LogP contribution is -2.43. The fourth-order valence-corrected chi connectivity index (χ4v) is 4.11. The molecule has 7 nitrogen and oxygen atoms in total. The number of hydrogen-bond acceptors (Lipinski definition) is 4. The highest BCUT2D eigenvalue weighted by Gasteiger charge is 2.47.